The number of carbonyl (C=O) groups excluding carboxylic acids is 1. The second-order valence-electron chi connectivity index (χ2n) is 19.4. The zero-order valence-electron chi connectivity index (χ0n) is 37.9. The predicted octanol–water partition coefficient (Wildman–Crippen LogP) is 7.84. The van der Waals surface area contributed by atoms with Crippen molar-refractivity contribution >= 4 is 44.0 Å². The van der Waals surface area contributed by atoms with Crippen LogP contribution in [0.15, 0.2) is 78.1 Å². The van der Waals surface area contributed by atoms with E-state index in [9.17, 15) is 28.4 Å². The number of amides is 1. The van der Waals surface area contributed by atoms with Crippen LogP contribution in [0.3, 0.4) is 0 Å². The molecular formula is C49H58N8O9S. The molecule has 2 saturated heterocycles. The van der Waals surface area contributed by atoms with Crippen LogP contribution >= 0.6 is 0 Å². The summed E-state index contributed by atoms with van der Waals surface area (Å²) >= 11 is 0. The first-order valence-electron chi connectivity index (χ1n) is 23.6. The number of nitro groups is 1. The number of carbonyl (C=O) groups is 1. The molecule has 5 aliphatic rings. The fraction of sp³-hybridized carbons (Fsp3) is 0.490. The van der Waals surface area contributed by atoms with Crippen LogP contribution in [0.2, 0.25) is 0 Å². The van der Waals surface area contributed by atoms with Crippen LogP contribution in [0.4, 0.5) is 17.1 Å². The number of pyridine rings is 2. The zero-order chi connectivity index (χ0) is 46.5. The minimum atomic E-state index is -4.77. The van der Waals surface area contributed by atoms with Crippen molar-refractivity contribution in [2.24, 2.45) is 11.3 Å². The molecule has 67 heavy (non-hydrogen) atoms. The Bertz CT molecular complexity index is 2760. The van der Waals surface area contributed by atoms with E-state index in [-0.39, 0.29) is 53.1 Å². The summed E-state index contributed by atoms with van der Waals surface area (Å²) in [5.74, 6) is -0.0545. The number of aromatic nitrogens is 3. The van der Waals surface area contributed by atoms with E-state index in [1.807, 2.05) is 6.07 Å². The quantitative estimate of drug-likeness (QED) is 0.0693. The second-order valence-corrected chi connectivity index (χ2v) is 21.1. The van der Waals surface area contributed by atoms with Gasteiger partial charge in [-0.25, -0.2) is 9.71 Å². The summed E-state index contributed by atoms with van der Waals surface area (Å²) < 4.78 is 48.1. The number of ether oxygens (including phenoxy) is 3. The monoisotopic (exact) mass is 934 g/mol. The van der Waals surface area contributed by atoms with Crippen molar-refractivity contribution in [1.29, 1.82) is 0 Å². The van der Waals surface area contributed by atoms with Crippen LogP contribution in [-0.2, 0) is 14.8 Å². The molecule has 2 atom stereocenters. The zero-order valence-corrected chi connectivity index (χ0v) is 38.7. The molecule has 10 rings (SSSR count). The van der Waals surface area contributed by atoms with Crippen LogP contribution in [-0.4, -0.2) is 102 Å². The average molecular weight is 935 g/mol. The van der Waals surface area contributed by atoms with Gasteiger partial charge in [0.2, 0.25) is 5.88 Å². The van der Waals surface area contributed by atoms with Crippen LogP contribution in [0, 0.1) is 21.4 Å². The van der Waals surface area contributed by atoms with E-state index < -0.39 is 31.6 Å². The first-order chi connectivity index (χ1) is 32.3. The maximum atomic E-state index is 14.1. The molecule has 5 aromatic rings. The molecule has 1 spiro atoms. The average Bonchev–Trinajstić information content (AvgIpc) is 3.79. The van der Waals surface area contributed by atoms with E-state index >= 15 is 0 Å². The number of hydrogen-bond acceptors (Lipinski definition) is 14. The van der Waals surface area contributed by atoms with Gasteiger partial charge < -0.3 is 34.5 Å². The number of aromatic amines is 1. The van der Waals surface area contributed by atoms with Crippen LogP contribution in [0.5, 0.6) is 17.4 Å². The highest BCUT2D eigenvalue weighted by Gasteiger charge is 2.50. The fourth-order valence-electron chi connectivity index (χ4n) is 11.1. The van der Waals surface area contributed by atoms with E-state index in [0.29, 0.717) is 55.1 Å². The molecule has 2 aromatic carbocycles. The van der Waals surface area contributed by atoms with Crippen LogP contribution in [0.25, 0.3) is 11.0 Å². The molecule has 6 heterocycles. The molecule has 0 bridgehead atoms. The molecule has 4 fully saturated rings. The summed E-state index contributed by atoms with van der Waals surface area (Å²) in [6.07, 6.45) is 11.0. The van der Waals surface area contributed by atoms with Crippen molar-refractivity contribution in [3.05, 3.63) is 99.9 Å². The number of nitrogens with one attached hydrogen (secondary N) is 3. The van der Waals surface area contributed by atoms with Crippen molar-refractivity contribution in [3.63, 3.8) is 0 Å². The molecule has 2 saturated carbocycles. The number of nitrogens with zero attached hydrogens (tertiary/aromatic N) is 5. The summed E-state index contributed by atoms with van der Waals surface area (Å²) in [6, 6.07) is 18.8. The lowest BCUT2D eigenvalue weighted by Gasteiger charge is -2.57. The Hall–Kier alpha value is -5.82. The molecule has 3 aromatic heterocycles. The number of rotatable bonds is 12. The summed E-state index contributed by atoms with van der Waals surface area (Å²) in [5.41, 5.74) is 3.85. The largest absolute Gasteiger partial charge is 0.474 e. The standard InChI is InChI=1S/C49H58N8O9S/c1-30(2)38-5-3-4-6-39(38)42-29-64-20-19-56(42)35-25-49(26-35)14-17-55(18-15-49)34-9-12-40(43(23-34)66-37-22-32-13-16-50-46(32)51-27-37)47(59)54-67(62,63)44-24-41(57(60)61)45-48(53-44)65-28-33(52-45)21-31-7-10-36(58)11-8-31/h3-6,9,12-13,16,22-24,27,30-31,33,35-36,42,52,58H,7-8,10-11,14-15,17-21,25-26,28-29H2,1-2H3,(H,50,51)(H,54,59)/t31?,33-,36?,42-/m0/s1. The number of hydrogen-bond donors (Lipinski definition) is 4. The van der Waals surface area contributed by atoms with Gasteiger partial charge >= 0.3 is 5.69 Å². The van der Waals surface area contributed by atoms with Crippen LogP contribution in [0.1, 0.15) is 105 Å². The maximum Gasteiger partial charge on any atom is 0.300 e. The summed E-state index contributed by atoms with van der Waals surface area (Å²) in [6.45, 7) is 8.59. The van der Waals surface area contributed by atoms with Gasteiger partial charge in [-0.1, -0.05) is 38.1 Å². The highest BCUT2D eigenvalue weighted by Crippen LogP contribution is 2.53. The van der Waals surface area contributed by atoms with Crippen molar-refractivity contribution in [3.8, 4) is 17.4 Å². The van der Waals surface area contributed by atoms with Gasteiger partial charge in [0.05, 0.1) is 54.2 Å². The molecule has 4 N–H and O–H groups in total. The molecule has 2 aliphatic carbocycles. The van der Waals surface area contributed by atoms with Gasteiger partial charge in [-0.2, -0.15) is 13.4 Å². The number of anilines is 2. The Kier molecular flexibility index (Phi) is 12.3. The minimum Gasteiger partial charge on any atom is -0.474 e. The number of benzene rings is 2. The number of fused-ring (bicyclic) bond motifs is 2. The highest BCUT2D eigenvalue weighted by molar-refractivity contribution is 7.90. The van der Waals surface area contributed by atoms with Crippen molar-refractivity contribution in [1.82, 2.24) is 24.6 Å². The Labute approximate surface area is 389 Å². The SMILES string of the molecule is CC(C)c1ccccc1[C@@H]1COCCN1C1CC2(CCN(c3ccc(C(=O)NS(=O)(=O)c4cc([N+](=O)[O-])c5c(n4)OC[C@H](CC4CCC(O)CC4)N5)c(Oc4cnc5[nH]ccc5c4)c3)CC2)C1. The summed E-state index contributed by atoms with van der Waals surface area (Å²) in [5, 5.41) is 25.5. The van der Waals surface area contributed by atoms with Gasteiger partial charge in [0.1, 0.15) is 23.8 Å². The molecule has 3 aliphatic heterocycles. The van der Waals surface area contributed by atoms with E-state index in [1.165, 1.54) is 23.4 Å². The predicted molar refractivity (Wildman–Crippen MR) is 251 cm³/mol. The van der Waals surface area contributed by atoms with Crippen LogP contribution < -0.4 is 24.4 Å². The minimum absolute atomic E-state index is 0.0172. The molecule has 0 unspecified atom stereocenters. The third kappa shape index (κ3) is 9.28. The molecule has 18 heteroatoms. The van der Waals surface area contributed by atoms with Gasteiger partial charge in [0.25, 0.3) is 15.9 Å². The number of aliphatic hydroxyl groups is 1. The van der Waals surface area contributed by atoms with E-state index in [0.717, 1.165) is 81.9 Å². The molecule has 354 valence electrons. The Balaban J connectivity index is 0.850. The summed E-state index contributed by atoms with van der Waals surface area (Å²) in [7, 11) is -4.77. The first-order valence-corrected chi connectivity index (χ1v) is 25.1. The number of aliphatic hydroxyl groups excluding tert-OH is 1. The summed E-state index contributed by atoms with van der Waals surface area (Å²) in [4.78, 5) is 42.3. The van der Waals surface area contributed by atoms with Gasteiger partial charge in [0.15, 0.2) is 10.7 Å². The normalized spacial score (nSPS) is 23.3. The second kappa shape index (κ2) is 18.3. The first kappa shape index (κ1) is 45.0. The lowest BCUT2D eigenvalue weighted by Crippen LogP contribution is -2.58. The van der Waals surface area contributed by atoms with Gasteiger partial charge in [-0.05, 0) is 110 Å². The van der Waals surface area contributed by atoms with E-state index in [2.05, 4.69) is 72.9 Å². The number of morpholine rings is 1. The third-order valence-corrected chi connectivity index (χ3v) is 16.0. The van der Waals surface area contributed by atoms with E-state index in [4.69, 9.17) is 14.2 Å². The van der Waals surface area contributed by atoms with Gasteiger partial charge in [-0.15, -0.1) is 0 Å². The molecule has 1 amide bonds. The highest BCUT2D eigenvalue weighted by atomic mass is 32.2. The van der Waals surface area contributed by atoms with E-state index in [1.54, 1.807) is 24.4 Å². The number of piperidine rings is 1. The third-order valence-electron chi connectivity index (χ3n) is 14.8. The van der Waals surface area contributed by atoms with Gasteiger partial charge in [0, 0.05) is 49.0 Å². The van der Waals surface area contributed by atoms with Crippen molar-refractivity contribution in [2.45, 2.75) is 107 Å². The lowest BCUT2D eigenvalue weighted by molar-refractivity contribution is -0.384. The molecule has 17 nitrogen and oxygen atoms in total. The lowest BCUT2D eigenvalue weighted by atomic mass is 9.59. The van der Waals surface area contributed by atoms with Gasteiger partial charge in [-0.3, -0.25) is 19.8 Å². The molecule has 0 radical (unpaired) electrons. The Morgan fingerprint density at radius 3 is 2.61 bits per heavy atom. The Morgan fingerprint density at radius 1 is 1.04 bits per heavy atom. The van der Waals surface area contributed by atoms with Crippen molar-refractivity contribution < 1.29 is 37.5 Å². The topological polar surface area (TPSA) is 214 Å². The fourth-order valence-corrected chi connectivity index (χ4v) is 12.1. The number of sulfonamides is 1. The maximum absolute atomic E-state index is 14.1. The molecular weight excluding hydrogens is 877 g/mol. The van der Waals surface area contributed by atoms with Crippen molar-refractivity contribution in [2.75, 3.05) is 49.7 Å². The smallest absolute Gasteiger partial charge is 0.300 e. The Morgan fingerprint density at radius 2 is 1.84 bits per heavy atom. The number of H-pyrrole nitrogens is 1.